The van der Waals surface area contributed by atoms with E-state index in [9.17, 15) is 14.4 Å². The molecule has 0 radical (unpaired) electrons. The molecule has 3 aromatic rings. The number of ketones is 1. The number of ether oxygens (including phenoxy) is 2. The Kier molecular flexibility index (Phi) is 4.60. The molecule has 0 bridgehead atoms. The second-order valence-corrected chi connectivity index (χ2v) is 9.32. The van der Waals surface area contributed by atoms with Gasteiger partial charge in [-0.3, -0.25) is 14.4 Å². The summed E-state index contributed by atoms with van der Waals surface area (Å²) in [6.45, 7) is 3.58. The Morgan fingerprint density at radius 2 is 1.62 bits per heavy atom. The second-order valence-electron chi connectivity index (χ2n) is 8.41. The van der Waals surface area contributed by atoms with Crippen LogP contribution in [0.15, 0.2) is 77.3 Å². The molecular weight excluding hydrogens is 472 g/mol. The summed E-state index contributed by atoms with van der Waals surface area (Å²) < 4.78 is 12.0. The molecule has 3 atom stereocenters. The molecule has 0 amide bonds. The highest BCUT2D eigenvalue weighted by Gasteiger charge is 2.89. The van der Waals surface area contributed by atoms with Gasteiger partial charge in [0, 0.05) is 21.5 Å². The molecule has 6 heteroatoms. The predicted octanol–water partition coefficient (Wildman–Crippen LogP) is 5.25. The van der Waals surface area contributed by atoms with Gasteiger partial charge in [0.1, 0.15) is 11.5 Å². The number of carbonyl (C=O) groups excluding carboxylic acids is 3. The molecule has 0 N–H and O–H groups in total. The Hall–Kier alpha value is -3.25. The minimum absolute atomic E-state index is 0.301. The number of benzene rings is 3. The van der Waals surface area contributed by atoms with Crippen LogP contribution in [0.25, 0.3) is 0 Å². The number of carbonyl (C=O) groups is 3. The van der Waals surface area contributed by atoms with E-state index in [0.29, 0.717) is 22.6 Å². The third kappa shape index (κ3) is 2.72. The first-order chi connectivity index (χ1) is 15.3. The normalized spacial score (nSPS) is 25.2. The Bertz CT molecular complexity index is 1260. The van der Waals surface area contributed by atoms with E-state index in [4.69, 9.17) is 9.47 Å². The number of hydrogen-bond acceptors (Lipinski definition) is 5. The maximum atomic E-state index is 13.7. The third-order valence-electron chi connectivity index (χ3n) is 6.63. The lowest BCUT2D eigenvalue weighted by atomic mass is 9.87. The number of fused-ring (bicyclic) bond motifs is 3. The minimum atomic E-state index is -1.75. The molecule has 2 aliphatic rings. The van der Waals surface area contributed by atoms with E-state index >= 15 is 0 Å². The van der Waals surface area contributed by atoms with Crippen molar-refractivity contribution in [2.24, 2.45) is 10.8 Å². The van der Waals surface area contributed by atoms with Gasteiger partial charge < -0.3 is 9.47 Å². The summed E-state index contributed by atoms with van der Waals surface area (Å²) in [6.07, 6.45) is 0. The van der Waals surface area contributed by atoms with E-state index in [1.165, 1.54) is 0 Å². The van der Waals surface area contributed by atoms with Crippen molar-refractivity contribution in [2.75, 3.05) is 0 Å². The number of para-hydroxylation sites is 1. The lowest BCUT2D eigenvalue weighted by Crippen LogP contribution is -2.41. The van der Waals surface area contributed by atoms with Gasteiger partial charge in [-0.15, -0.1) is 0 Å². The summed E-state index contributed by atoms with van der Waals surface area (Å²) >= 11 is 3.37. The molecule has 160 valence electrons. The van der Waals surface area contributed by atoms with Crippen molar-refractivity contribution in [2.45, 2.75) is 19.8 Å². The van der Waals surface area contributed by atoms with Gasteiger partial charge in [0.2, 0.25) is 0 Å². The monoisotopic (exact) mass is 490 g/mol. The van der Waals surface area contributed by atoms with E-state index in [-0.39, 0.29) is 5.78 Å². The first-order valence-corrected chi connectivity index (χ1v) is 11.0. The predicted molar refractivity (Wildman–Crippen MR) is 121 cm³/mol. The van der Waals surface area contributed by atoms with E-state index in [0.717, 1.165) is 10.0 Å². The number of rotatable bonds is 4. The maximum Gasteiger partial charge on any atom is 0.330 e. The molecule has 1 aliphatic heterocycles. The van der Waals surface area contributed by atoms with Gasteiger partial charge in [0.05, 0.1) is 5.41 Å². The third-order valence-corrected chi connectivity index (χ3v) is 7.16. The first-order valence-electron chi connectivity index (χ1n) is 10.2. The van der Waals surface area contributed by atoms with E-state index < -0.39 is 28.7 Å². The largest absolute Gasteiger partial charge is 0.426 e. The Balaban J connectivity index is 1.62. The van der Waals surface area contributed by atoms with Crippen LogP contribution in [0, 0.1) is 17.8 Å². The fourth-order valence-electron chi connectivity index (χ4n) is 4.90. The van der Waals surface area contributed by atoms with Gasteiger partial charge in [-0.2, -0.15) is 0 Å². The van der Waals surface area contributed by atoms with E-state index in [2.05, 4.69) is 15.9 Å². The highest BCUT2D eigenvalue weighted by molar-refractivity contribution is 9.10. The van der Waals surface area contributed by atoms with Gasteiger partial charge in [-0.05, 0) is 44.2 Å². The average Bonchev–Trinajstić information content (AvgIpc) is 3.39. The average molecular weight is 491 g/mol. The van der Waals surface area contributed by atoms with E-state index in [1.807, 2.05) is 19.1 Å². The van der Waals surface area contributed by atoms with Gasteiger partial charge in [0.25, 0.3) is 0 Å². The Morgan fingerprint density at radius 1 is 0.969 bits per heavy atom. The molecule has 0 spiro atoms. The van der Waals surface area contributed by atoms with Crippen molar-refractivity contribution < 1.29 is 23.9 Å². The van der Waals surface area contributed by atoms with Gasteiger partial charge in [-0.1, -0.05) is 64.0 Å². The van der Waals surface area contributed by atoms with Crippen LogP contribution in [-0.2, 0) is 9.59 Å². The van der Waals surface area contributed by atoms with Crippen LogP contribution in [0.4, 0.5) is 0 Å². The number of Topliss-reactive ketones (excluding diaryl/α,β-unsaturated/α-hetero) is 1. The van der Waals surface area contributed by atoms with Crippen molar-refractivity contribution in [3.05, 3.63) is 94.0 Å². The topological polar surface area (TPSA) is 69.7 Å². The second kappa shape index (κ2) is 7.14. The van der Waals surface area contributed by atoms with Crippen molar-refractivity contribution >= 4 is 33.7 Å². The van der Waals surface area contributed by atoms with Crippen molar-refractivity contribution in [3.63, 3.8) is 0 Å². The summed E-state index contributed by atoms with van der Waals surface area (Å²) in [4.78, 5) is 40.6. The molecule has 1 saturated carbocycles. The lowest BCUT2D eigenvalue weighted by molar-refractivity contribution is -0.156. The fraction of sp³-hybridized carbons (Fsp3) is 0.192. The summed E-state index contributed by atoms with van der Waals surface area (Å²) in [5.74, 6) is -1.84. The van der Waals surface area contributed by atoms with Crippen LogP contribution in [0.1, 0.15) is 34.3 Å². The van der Waals surface area contributed by atoms with Gasteiger partial charge in [-0.25, -0.2) is 0 Å². The van der Waals surface area contributed by atoms with Crippen LogP contribution in [0.3, 0.4) is 0 Å². The van der Waals surface area contributed by atoms with Gasteiger partial charge >= 0.3 is 11.9 Å². The minimum Gasteiger partial charge on any atom is -0.426 e. The molecule has 1 heterocycles. The number of esters is 2. The SMILES string of the molecule is Cc1ccc(OC(=O)[C@]23C(=O)Oc4ccccc4[C@H]2[C@@]3(C)C(=O)c2ccc(Br)cc2)cc1. The summed E-state index contributed by atoms with van der Waals surface area (Å²) in [7, 11) is 0. The summed E-state index contributed by atoms with van der Waals surface area (Å²) in [5.41, 5.74) is -1.02. The quantitative estimate of drug-likeness (QED) is 0.216. The molecule has 5 nitrogen and oxygen atoms in total. The molecule has 0 unspecified atom stereocenters. The van der Waals surface area contributed by atoms with Crippen molar-refractivity contribution in [1.82, 2.24) is 0 Å². The number of hydrogen-bond donors (Lipinski definition) is 0. The first kappa shape index (κ1) is 20.6. The van der Waals surface area contributed by atoms with Crippen LogP contribution < -0.4 is 9.47 Å². The molecule has 1 fully saturated rings. The highest BCUT2D eigenvalue weighted by Crippen LogP contribution is 2.78. The molecule has 32 heavy (non-hydrogen) atoms. The fourth-order valence-corrected chi connectivity index (χ4v) is 5.17. The molecule has 0 aromatic heterocycles. The van der Waals surface area contributed by atoms with Crippen molar-refractivity contribution in [3.8, 4) is 11.5 Å². The van der Waals surface area contributed by atoms with Crippen LogP contribution >= 0.6 is 15.9 Å². The maximum absolute atomic E-state index is 13.7. The molecule has 5 rings (SSSR count). The lowest BCUT2D eigenvalue weighted by Gasteiger charge is -2.22. The molecule has 3 aromatic carbocycles. The zero-order chi connectivity index (χ0) is 22.7. The summed E-state index contributed by atoms with van der Waals surface area (Å²) in [5, 5.41) is 0. The van der Waals surface area contributed by atoms with Crippen LogP contribution in [0.2, 0.25) is 0 Å². The smallest absolute Gasteiger partial charge is 0.330 e. The Labute approximate surface area is 193 Å². The molecule has 1 aliphatic carbocycles. The zero-order valence-corrected chi connectivity index (χ0v) is 19.0. The van der Waals surface area contributed by atoms with Crippen LogP contribution in [-0.4, -0.2) is 17.7 Å². The van der Waals surface area contributed by atoms with Gasteiger partial charge in [0.15, 0.2) is 11.2 Å². The van der Waals surface area contributed by atoms with Crippen LogP contribution in [0.5, 0.6) is 11.5 Å². The van der Waals surface area contributed by atoms with E-state index in [1.54, 1.807) is 67.6 Å². The number of halogens is 1. The molecular formula is C26H19BrO5. The molecule has 0 saturated heterocycles. The highest BCUT2D eigenvalue weighted by atomic mass is 79.9. The summed E-state index contributed by atoms with van der Waals surface area (Å²) in [6, 6.07) is 20.8. The standard InChI is InChI=1S/C26H19BrO5/c1-15-7-13-18(14-8-15)31-23(29)26-21(19-5-3-4-6-20(19)32-24(26)30)25(26,2)22(28)16-9-11-17(27)12-10-16/h3-14,21H,1-2H3/t21-,25-,26-/m0/s1. The zero-order valence-electron chi connectivity index (χ0n) is 17.4. The number of aryl methyl sites for hydroxylation is 1. The van der Waals surface area contributed by atoms with Crippen molar-refractivity contribution in [1.29, 1.82) is 0 Å². The Morgan fingerprint density at radius 3 is 2.31 bits per heavy atom.